The summed E-state index contributed by atoms with van der Waals surface area (Å²) in [5.74, 6) is 0. The fourth-order valence-electron chi connectivity index (χ4n) is 1.44. The number of aliphatic hydroxyl groups is 1. The first-order valence-electron chi connectivity index (χ1n) is 5.57. The van der Waals surface area contributed by atoms with Crippen LogP contribution in [0.2, 0.25) is 0 Å². The average molecular weight is 188 g/mol. The van der Waals surface area contributed by atoms with Gasteiger partial charge in [0.1, 0.15) is 0 Å². The Balaban J connectivity index is 3.17. The zero-order valence-corrected chi connectivity index (χ0v) is 9.09. The lowest BCUT2D eigenvalue weighted by molar-refractivity contribution is 0.0136. The second kappa shape index (κ2) is 10.0. The fraction of sp³-hybridized carbons (Fsp3) is 1.00. The minimum atomic E-state index is 0.0756. The van der Waals surface area contributed by atoms with Crippen molar-refractivity contribution in [1.29, 1.82) is 0 Å². The normalized spacial score (nSPS) is 13.2. The maximum absolute atomic E-state index is 8.93. The van der Waals surface area contributed by atoms with E-state index in [9.17, 15) is 0 Å². The van der Waals surface area contributed by atoms with Crippen molar-refractivity contribution in [1.82, 2.24) is 0 Å². The van der Waals surface area contributed by atoms with E-state index >= 15 is 0 Å². The van der Waals surface area contributed by atoms with Crippen molar-refractivity contribution in [3.05, 3.63) is 0 Å². The van der Waals surface area contributed by atoms with Gasteiger partial charge in [-0.2, -0.15) is 0 Å². The maximum Gasteiger partial charge on any atom is 0.0805 e. The predicted octanol–water partition coefficient (Wildman–Crippen LogP) is 2.74. The summed E-state index contributed by atoms with van der Waals surface area (Å²) < 4.78 is 5.35. The Kier molecular flexibility index (Phi) is 9.94. The maximum atomic E-state index is 8.93. The molecule has 0 amide bonds. The van der Waals surface area contributed by atoms with E-state index in [1.807, 2.05) is 6.92 Å². The smallest absolute Gasteiger partial charge is 0.0805 e. The summed E-state index contributed by atoms with van der Waals surface area (Å²) in [5, 5.41) is 8.93. The van der Waals surface area contributed by atoms with E-state index in [1.54, 1.807) is 0 Å². The molecule has 0 saturated heterocycles. The fourth-order valence-corrected chi connectivity index (χ4v) is 1.44. The topological polar surface area (TPSA) is 29.5 Å². The summed E-state index contributed by atoms with van der Waals surface area (Å²) in [4.78, 5) is 0. The van der Waals surface area contributed by atoms with E-state index in [-0.39, 0.29) is 12.7 Å². The third kappa shape index (κ3) is 8.26. The van der Waals surface area contributed by atoms with Gasteiger partial charge in [0.25, 0.3) is 0 Å². The van der Waals surface area contributed by atoms with E-state index in [0.717, 1.165) is 6.42 Å². The quantitative estimate of drug-likeness (QED) is 0.564. The van der Waals surface area contributed by atoms with Crippen molar-refractivity contribution in [2.75, 3.05) is 13.2 Å². The first-order valence-corrected chi connectivity index (χ1v) is 5.57. The van der Waals surface area contributed by atoms with Gasteiger partial charge in [-0.25, -0.2) is 0 Å². The summed E-state index contributed by atoms with van der Waals surface area (Å²) in [6.45, 7) is 5.07. The lowest BCUT2D eigenvalue weighted by Gasteiger charge is -2.13. The van der Waals surface area contributed by atoms with Crippen molar-refractivity contribution in [3.63, 3.8) is 0 Å². The van der Waals surface area contributed by atoms with Gasteiger partial charge in [0.2, 0.25) is 0 Å². The molecule has 13 heavy (non-hydrogen) atoms. The molecule has 2 heteroatoms. The zero-order chi connectivity index (χ0) is 9.94. The van der Waals surface area contributed by atoms with Crippen LogP contribution in [-0.4, -0.2) is 24.4 Å². The first-order chi connectivity index (χ1) is 6.35. The van der Waals surface area contributed by atoms with Crippen LogP contribution >= 0.6 is 0 Å². The minimum Gasteiger partial charge on any atom is -0.394 e. The number of aliphatic hydroxyl groups excluding tert-OH is 1. The van der Waals surface area contributed by atoms with Crippen molar-refractivity contribution < 1.29 is 9.84 Å². The van der Waals surface area contributed by atoms with Crippen molar-refractivity contribution in [2.24, 2.45) is 0 Å². The number of unbranched alkanes of at least 4 members (excludes halogenated alkanes) is 4. The molecule has 1 N–H and O–H groups in total. The van der Waals surface area contributed by atoms with Crippen molar-refractivity contribution in [2.45, 2.75) is 58.5 Å². The van der Waals surface area contributed by atoms with Crippen LogP contribution in [0.15, 0.2) is 0 Å². The third-order valence-corrected chi connectivity index (χ3v) is 2.24. The Bertz CT molecular complexity index is 94.1. The molecule has 2 nitrogen and oxygen atoms in total. The highest BCUT2D eigenvalue weighted by molar-refractivity contribution is 4.56. The van der Waals surface area contributed by atoms with Gasteiger partial charge in [-0.1, -0.05) is 39.0 Å². The highest BCUT2D eigenvalue weighted by atomic mass is 16.5. The van der Waals surface area contributed by atoms with E-state index < -0.39 is 0 Å². The Morgan fingerprint density at radius 1 is 1.08 bits per heavy atom. The van der Waals surface area contributed by atoms with Crippen LogP contribution in [0.25, 0.3) is 0 Å². The number of rotatable bonds is 9. The van der Waals surface area contributed by atoms with Crippen LogP contribution in [0.3, 0.4) is 0 Å². The Morgan fingerprint density at radius 3 is 2.31 bits per heavy atom. The van der Waals surface area contributed by atoms with Gasteiger partial charge < -0.3 is 9.84 Å². The van der Waals surface area contributed by atoms with E-state index in [1.165, 1.54) is 32.1 Å². The second-order valence-electron chi connectivity index (χ2n) is 3.46. The summed E-state index contributed by atoms with van der Waals surface area (Å²) in [6.07, 6.45) is 7.48. The molecule has 0 aromatic rings. The minimum absolute atomic E-state index is 0.0756. The van der Waals surface area contributed by atoms with Gasteiger partial charge in [-0.15, -0.1) is 0 Å². The third-order valence-electron chi connectivity index (χ3n) is 2.24. The Labute approximate surface area is 82.3 Å². The largest absolute Gasteiger partial charge is 0.394 e. The highest BCUT2D eigenvalue weighted by Crippen LogP contribution is 2.08. The number of ether oxygens (including phenoxy) is 1. The summed E-state index contributed by atoms with van der Waals surface area (Å²) in [5.41, 5.74) is 0. The molecule has 0 aliphatic rings. The molecule has 0 fully saturated rings. The van der Waals surface area contributed by atoms with Crippen molar-refractivity contribution >= 4 is 0 Å². The van der Waals surface area contributed by atoms with Crippen LogP contribution in [0, 0.1) is 0 Å². The van der Waals surface area contributed by atoms with Crippen LogP contribution < -0.4 is 0 Å². The van der Waals surface area contributed by atoms with Gasteiger partial charge in [-0.3, -0.25) is 0 Å². The molecule has 0 aromatic heterocycles. The average Bonchev–Trinajstić information content (AvgIpc) is 2.16. The molecule has 0 spiro atoms. The van der Waals surface area contributed by atoms with Crippen LogP contribution in [0.5, 0.6) is 0 Å². The SMILES string of the molecule is CCCCCCCC(CO)OCC. The summed E-state index contributed by atoms with van der Waals surface area (Å²) in [6, 6.07) is 0. The predicted molar refractivity (Wildman–Crippen MR) is 55.9 cm³/mol. The summed E-state index contributed by atoms with van der Waals surface area (Å²) >= 11 is 0. The standard InChI is InChI=1S/C11H24O2/c1-3-5-6-7-8-9-11(10-12)13-4-2/h11-12H,3-10H2,1-2H3. The first kappa shape index (κ1) is 12.9. The Morgan fingerprint density at radius 2 is 1.77 bits per heavy atom. The molecule has 0 aliphatic heterocycles. The van der Waals surface area contributed by atoms with E-state index in [2.05, 4.69) is 6.92 Å². The number of hydrogen-bond donors (Lipinski definition) is 1. The highest BCUT2D eigenvalue weighted by Gasteiger charge is 2.05. The lowest BCUT2D eigenvalue weighted by Crippen LogP contribution is -2.17. The molecule has 0 aromatic carbocycles. The monoisotopic (exact) mass is 188 g/mol. The molecule has 0 aliphatic carbocycles. The van der Waals surface area contributed by atoms with E-state index in [0.29, 0.717) is 6.61 Å². The van der Waals surface area contributed by atoms with Gasteiger partial charge in [0, 0.05) is 6.61 Å². The molecule has 0 radical (unpaired) electrons. The summed E-state index contributed by atoms with van der Waals surface area (Å²) in [7, 11) is 0. The van der Waals surface area contributed by atoms with Crippen molar-refractivity contribution in [3.8, 4) is 0 Å². The van der Waals surface area contributed by atoms with Crippen LogP contribution in [-0.2, 0) is 4.74 Å². The van der Waals surface area contributed by atoms with Crippen LogP contribution in [0.4, 0.5) is 0 Å². The molecule has 80 valence electrons. The molecule has 0 heterocycles. The lowest BCUT2D eigenvalue weighted by atomic mass is 10.1. The molecule has 1 atom stereocenters. The van der Waals surface area contributed by atoms with Gasteiger partial charge >= 0.3 is 0 Å². The molecule has 0 saturated carbocycles. The van der Waals surface area contributed by atoms with Crippen LogP contribution in [0.1, 0.15) is 52.4 Å². The molecular formula is C11H24O2. The number of hydrogen-bond acceptors (Lipinski definition) is 2. The van der Waals surface area contributed by atoms with Gasteiger partial charge in [0.15, 0.2) is 0 Å². The molecule has 1 unspecified atom stereocenters. The second-order valence-corrected chi connectivity index (χ2v) is 3.46. The Hall–Kier alpha value is -0.0800. The molecular weight excluding hydrogens is 164 g/mol. The van der Waals surface area contributed by atoms with E-state index in [4.69, 9.17) is 9.84 Å². The molecule has 0 bridgehead atoms. The molecule has 0 rings (SSSR count). The zero-order valence-electron chi connectivity index (χ0n) is 9.09. The van der Waals surface area contributed by atoms with Gasteiger partial charge in [-0.05, 0) is 13.3 Å². The van der Waals surface area contributed by atoms with Gasteiger partial charge in [0.05, 0.1) is 12.7 Å².